The molecule has 0 aliphatic heterocycles. The van der Waals surface area contributed by atoms with Crippen LogP contribution in [0.1, 0.15) is 417 Å². The van der Waals surface area contributed by atoms with Gasteiger partial charge < -0.3 is 0 Å². The Balaban J connectivity index is 0.00000112. The van der Waals surface area contributed by atoms with Crippen molar-refractivity contribution in [2.75, 3.05) is 0 Å². The van der Waals surface area contributed by atoms with Crippen molar-refractivity contribution in [1.29, 1.82) is 0 Å². The highest BCUT2D eigenvalue weighted by molar-refractivity contribution is 5.47. The van der Waals surface area contributed by atoms with E-state index < -0.39 is 439 Å². The van der Waals surface area contributed by atoms with Crippen LogP contribution >= 0.6 is 0 Å². The maximum Gasteiger partial charge on any atom is 0.0629 e. The highest BCUT2D eigenvalue weighted by atomic mass is 14.3. The Bertz CT molecular complexity index is 6220. The summed E-state index contributed by atoms with van der Waals surface area (Å²) >= 11 is 0. The van der Waals surface area contributed by atoms with Crippen molar-refractivity contribution < 1.29 is 143 Å². The van der Waals surface area contributed by atoms with E-state index in [4.69, 9.17) is 143 Å². The van der Waals surface area contributed by atoms with E-state index in [2.05, 4.69) is 0 Å². The molecule has 0 heteroatoms. The summed E-state index contributed by atoms with van der Waals surface area (Å²) < 4.78 is 819. The van der Waals surface area contributed by atoms with Gasteiger partial charge in [0.2, 0.25) is 0 Å². The van der Waals surface area contributed by atoms with Crippen LogP contribution in [0.25, 0.3) is 0 Å². The van der Waals surface area contributed by atoms with Crippen molar-refractivity contribution >= 4 is 0 Å². The van der Waals surface area contributed by atoms with Crippen molar-refractivity contribution in [2.24, 2.45) is 0 Å². The zero-order valence-corrected chi connectivity index (χ0v) is 42.5. The van der Waals surface area contributed by atoms with Gasteiger partial charge in [-0.15, -0.1) is 0 Å². The molecular formula is C79H122. The number of hydrogen-bond donors (Lipinski definition) is 0. The van der Waals surface area contributed by atoms with Gasteiger partial charge in [0.15, 0.2) is 0 Å². The van der Waals surface area contributed by atoms with Crippen LogP contribution in [0, 0.1) is 48.4 Å². The molecule has 0 radical (unpaired) electrons. The lowest BCUT2D eigenvalue weighted by atomic mass is 9.73. The number of hydrogen-bond acceptors (Lipinski definition) is 0. The Morgan fingerprint density at radius 3 is 1.05 bits per heavy atom. The minimum absolute atomic E-state index is 0.135. The Morgan fingerprint density at radius 2 is 0.595 bits per heavy atom. The van der Waals surface area contributed by atoms with Crippen LogP contribution in [0.5, 0.6) is 0 Å². The summed E-state index contributed by atoms with van der Waals surface area (Å²) in [5.41, 5.74) is -54.3. The third-order valence-electron chi connectivity index (χ3n) is 9.00. The summed E-state index contributed by atoms with van der Waals surface area (Å²) in [6.45, 7) is -105. The predicted octanol–water partition coefficient (Wildman–Crippen LogP) is 24.0. The molecule has 0 heterocycles. The highest BCUT2D eigenvalue weighted by Gasteiger charge is 2.27. The Morgan fingerprint density at radius 1 is 0.241 bits per heavy atom. The van der Waals surface area contributed by atoms with Gasteiger partial charge in [0, 0.05) is 115 Å². The van der Waals surface area contributed by atoms with E-state index in [0.29, 0.717) is 6.92 Å². The molecule has 0 N–H and O–H groups in total. The van der Waals surface area contributed by atoms with Crippen molar-refractivity contribution in [2.45, 2.75) is 282 Å². The molecule has 0 aromatic heterocycles. The fourth-order valence-corrected chi connectivity index (χ4v) is 5.28. The molecule has 6 aromatic rings. The van der Waals surface area contributed by atoms with Gasteiger partial charge in [-0.05, 0) is 169 Å². The highest BCUT2D eigenvalue weighted by Crippen LogP contribution is 2.38. The molecule has 0 unspecified atom stereocenters. The Kier molecular flexibility index (Phi) is 4.43. The molecule has 0 bridgehead atoms. The Labute approximate surface area is 638 Å². The van der Waals surface area contributed by atoms with Gasteiger partial charge in [0.25, 0.3) is 0 Å². The summed E-state index contributed by atoms with van der Waals surface area (Å²) in [6, 6.07) is -21.3. The van der Waals surface area contributed by atoms with Gasteiger partial charge in [0.05, 0.1) is 27.4 Å². The zero-order valence-electron chi connectivity index (χ0n) is 146. The standard InChI is InChI=1S/C19H32.C15H24.C12H18.3C11H16/c1-13-15(18(5,6)7)11-14(17(2,3)4)12-16(13)19(8,9)10;1-11-8-12(14(2,3)4)10-13(9-11)15(5,6)7;1-9-7-6-8-11(10(9)2)12(3,4)5;1-9-5-7-10(8-6-9)11(2,3)4;1-9-6-5-7-10(8-9)11(2,3)4;1-9-7-5-6-8-10(9)11(2,3)4/h11-12H,1-10H3;8-10H,1-7H3;6-8H,1-5H3;3*5-8H,1-4H3/i2D3,3D3,4D3,5D3,6D3,7D3,8D3,9D3,10D3,11D,12D;2D3,3D3,4D3,5D3,6D3,7D3,8D,9D,10D;1D3,3D3,4D3,5D3,6D,7D,8D;3*2D3,3D3,4D3,5D,6D,7D,8D. The second-order valence-electron chi connectivity index (χ2n) is 16.8. The van der Waals surface area contributed by atoms with Crippen LogP contribution in [-0.4, -0.2) is 0 Å². The van der Waals surface area contributed by atoms with E-state index >= 15 is 0 Å². The van der Waals surface area contributed by atoms with Crippen LogP contribution < -0.4 is 0 Å². The van der Waals surface area contributed by atoms with Crippen molar-refractivity contribution in [1.82, 2.24) is 0 Å². The van der Waals surface area contributed by atoms with Crippen molar-refractivity contribution in [3.05, 3.63) is 210 Å². The van der Waals surface area contributed by atoms with E-state index in [9.17, 15) is 0 Å². The van der Waals surface area contributed by atoms with Gasteiger partial charge in [-0.25, -0.2) is 0 Å². The minimum Gasteiger partial charge on any atom is -0.0620 e. The molecule has 0 fully saturated rings. The second kappa shape index (κ2) is 27.9. The molecule has 0 aliphatic carbocycles. The lowest BCUT2D eigenvalue weighted by molar-refractivity contribution is 0.542. The largest absolute Gasteiger partial charge is 0.0629 e. The first-order valence-electron chi connectivity index (χ1n) is 73.2. The summed E-state index contributed by atoms with van der Waals surface area (Å²) in [7, 11) is 0. The molecule has 0 aliphatic rings. The summed E-state index contributed by atoms with van der Waals surface area (Å²) in [5, 5.41) is 0. The van der Waals surface area contributed by atoms with Crippen molar-refractivity contribution in [3.8, 4) is 0 Å². The van der Waals surface area contributed by atoms with E-state index in [1.807, 2.05) is 0 Å². The SMILES string of the molecule is [2H]c1c(C(C([2H])([2H])[2H])(C([2H])([2H])[2H])C([2H])([2H])[2H])c([2H])c(C(C([2H])([2H])[2H])(C([2H])([2H])[2H])C([2H])([2H])[2H])c(C)c1C(C([2H])([2H])[2H])(C([2H])([2H])[2H])C([2H])([2H])[2H].[2H]c1c(C)c([2H])c(C(C([2H])([2H])[2H])(C([2H])([2H])[2H])C([2H])([2H])[2H])c([2H])c1C(C([2H])([2H])[2H])(C([2H])([2H])[2H])C([2H])([2H])[2H].[2H]c1c([2H])c(C(C([2H])([2H])[2H])(C([2H])([2H])[2H])C([2H])([2H])[2H])c([2H])c([2H])c1C.[2H]c1c([2H])c(C([2H])([2H])[2H])c(C)c(C(C([2H])([2H])[2H])(C([2H])([2H])[2H])C([2H])([2H])[2H])c1[2H].[2H]c1c([2H])c(C)c([2H])c(C(C([2H])([2H])[2H])(C([2H])([2H])[2H])C([2H])([2H])[2H])c1[2H].[2H]c1c([2H])c([2H])c(C(C([2H])([2H])[2H])(C([2H])([2H])[2H])C([2H])([2H])[2H])c(C)c1[2H]. The van der Waals surface area contributed by atoms with Crippen LogP contribution in [0.3, 0.4) is 0 Å². The summed E-state index contributed by atoms with van der Waals surface area (Å²) in [4.78, 5) is 0. The molecule has 0 saturated carbocycles. The van der Waals surface area contributed by atoms with Gasteiger partial charge in [0.1, 0.15) is 0 Å². The molecule has 438 valence electrons. The van der Waals surface area contributed by atoms with E-state index in [-0.39, 0.29) is 11.1 Å². The van der Waals surface area contributed by atoms with Crippen LogP contribution in [0.4, 0.5) is 0 Å². The van der Waals surface area contributed by atoms with Crippen molar-refractivity contribution in [3.63, 3.8) is 0 Å². The average molecular weight is 1180 g/mol. The fraction of sp³-hybridized carbons (Fsp3) is 0.544. The lowest BCUT2D eigenvalue weighted by Gasteiger charge is -2.32. The van der Waals surface area contributed by atoms with Gasteiger partial charge >= 0.3 is 0 Å². The molecule has 0 spiro atoms. The number of benzene rings is 6. The monoisotopic (exact) mass is 1180 g/mol. The first kappa shape index (κ1) is 12.6. The number of rotatable bonds is 0. The van der Waals surface area contributed by atoms with E-state index in [1.54, 1.807) is 0 Å². The topological polar surface area (TPSA) is 0 Å². The molecule has 0 nitrogen and oxygen atoms in total. The Hall–Kier alpha value is -4.68. The lowest BCUT2D eigenvalue weighted by Crippen LogP contribution is -2.23. The second-order valence-corrected chi connectivity index (χ2v) is 16.8. The van der Waals surface area contributed by atoms with E-state index in [1.165, 1.54) is 13.8 Å². The van der Waals surface area contributed by atoms with Crippen LogP contribution in [0.15, 0.2) is 121 Å². The molecule has 6 rings (SSSR count). The first-order chi connectivity index (χ1) is 78.6. The quantitative estimate of drug-likeness (QED) is 0.142. The first-order valence-corrected chi connectivity index (χ1v) is 21.2. The molecule has 0 atom stereocenters. The molecule has 6 aromatic carbocycles. The van der Waals surface area contributed by atoms with Crippen LogP contribution in [0.2, 0.25) is 0 Å². The zero-order chi connectivity index (χ0) is 149. The summed E-state index contributed by atoms with van der Waals surface area (Å²) in [5.74, 6) is 0. The molecule has 0 amide bonds. The maximum atomic E-state index is 8.95. The molecular weight excluding hydrogens is 949 g/mol. The third-order valence-corrected chi connectivity index (χ3v) is 9.00. The molecule has 79 heavy (non-hydrogen) atoms. The predicted molar refractivity (Wildman–Crippen MR) is 360 cm³/mol. The summed E-state index contributed by atoms with van der Waals surface area (Å²) in [6.07, 6.45) is 0. The van der Waals surface area contributed by atoms with Gasteiger partial charge in [-0.1, -0.05) is 323 Å². The molecule has 0 saturated heterocycles. The van der Waals surface area contributed by atoms with Crippen LogP contribution in [-0.2, 0) is 48.7 Å². The third kappa shape index (κ3) is 24.9. The van der Waals surface area contributed by atoms with Gasteiger partial charge in [-0.2, -0.15) is 0 Å². The van der Waals surface area contributed by atoms with E-state index in [0.717, 1.165) is 20.8 Å². The van der Waals surface area contributed by atoms with Gasteiger partial charge in [-0.3, -0.25) is 0 Å². The smallest absolute Gasteiger partial charge is 0.0620 e. The maximum absolute atomic E-state index is 8.95. The average Bonchev–Trinajstić information content (AvgIpc) is 0.732. The normalized spacial score (nSPS) is 36.2. The fourth-order valence-electron chi connectivity index (χ4n) is 5.28. The minimum atomic E-state index is -4.63.